The highest BCUT2D eigenvalue weighted by Crippen LogP contribution is 2.45. The predicted molar refractivity (Wildman–Crippen MR) is 129 cm³/mol. The first-order valence-electron chi connectivity index (χ1n) is 11.9. The monoisotopic (exact) mass is 487 g/mol. The molecule has 1 amide bonds. The first kappa shape index (κ1) is 24.5. The summed E-state index contributed by atoms with van der Waals surface area (Å²) in [6, 6.07) is 10.5. The van der Waals surface area contributed by atoms with Crippen molar-refractivity contribution in [2.75, 3.05) is 11.9 Å². The SMILES string of the molecule is Cc1ccc(C2CCCCC2)c(OC2(C(=O)NS(=O)(=O)c3cccc(NC[C@H](C)O)n3)CC2)c1. The average Bonchev–Trinajstić information content (AvgIpc) is 3.59. The van der Waals surface area contributed by atoms with Gasteiger partial charge < -0.3 is 15.2 Å². The lowest BCUT2D eigenvalue weighted by molar-refractivity contribution is -0.128. The fraction of sp³-hybridized carbons (Fsp3) is 0.520. The Morgan fingerprint density at radius 3 is 2.62 bits per heavy atom. The highest BCUT2D eigenvalue weighted by atomic mass is 32.2. The zero-order chi connectivity index (χ0) is 24.3. The Morgan fingerprint density at radius 2 is 1.94 bits per heavy atom. The van der Waals surface area contributed by atoms with Crippen LogP contribution in [0.15, 0.2) is 41.4 Å². The number of aliphatic hydroxyl groups is 1. The first-order valence-corrected chi connectivity index (χ1v) is 13.4. The minimum atomic E-state index is -4.19. The third kappa shape index (κ3) is 5.70. The lowest BCUT2D eigenvalue weighted by Gasteiger charge is -2.26. The van der Waals surface area contributed by atoms with Gasteiger partial charge in [-0.2, -0.15) is 8.42 Å². The van der Waals surface area contributed by atoms with Gasteiger partial charge in [-0.1, -0.05) is 37.5 Å². The number of aliphatic hydroxyl groups excluding tert-OH is 1. The molecule has 2 aliphatic rings. The maximum Gasteiger partial charge on any atom is 0.281 e. The van der Waals surface area contributed by atoms with Gasteiger partial charge in [0.1, 0.15) is 11.6 Å². The normalized spacial score (nSPS) is 18.7. The molecular weight excluding hydrogens is 454 g/mol. The van der Waals surface area contributed by atoms with E-state index in [9.17, 15) is 18.3 Å². The summed E-state index contributed by atoms with van der Waals surface area (Å²) < 4.78 is 34.2. The zero-order valence-corrected chi connectivity index (χ0v) is 20.5. The van der Waals surface area contributed by atoms with E-state index in [-0.39, 0.29) is 11.6 Å². The molecule has 8 nitrogen and oxygen atoms in total. The van der Waals surface area contributed by atoms with Crippen LogP contribution in [0.25, 0.3) is 0 Å². The number of nitrogens with zero attached hydrogens (tertiary/aromatic N) is 1. The Labute approximate surface area is 201 Å². The van der Waals surface area contributed by atoms with Crippen molar-refractivity contribution in [2.45, 2.75) is 81.4 Å². The lowest BCUT2D eigenvalue weighted by atomic mass is 9.83. The minimum absolute atomic E-state index is 0.222. The van der Waals surface area contributed by atoms with E-state index in [2.05, 4.69) is 27.2 Å². The number of aromatic nitrogens is 1. The molecule has 1 atom stereocenters. The molecule has 184 valence electrons. The van der Waals surface area contributed by atoms with Gasteiger partial charge in [0.05, 0.1) is 6.10 Å². The molecule has 1 heterocycles. The van der Waals surface area contributed by atoms with Crippen molar-refractivity contribution in [3.63, 3.8) is 0 Å². The van der Waals surface area contributed by atoms with Crippen molar-refractivity contribution in [3.8, 4) is 5.75 Å². The van der Waals surface area contributed by atoms with Gasteiger partial charge in [0, 0.05) is 19.4 Å². The Kier molecular flexibility index (Phi) is 7.14. The zero-order valence-electron chi connectivity index (χ0n) is 19.7. The van der Waals surface area contributed by atoms with Crippen LogP contribution in [0.4, 0.5) is 5.82 Å². The number of carbonyl (C=O) groups excluding carboxylic acids is 1. The number of hydrogen-bond acceptors (Lipinski definition) is 7. The second-order valence-electron chi connectivity index (χ2n) is 9.50. The van der Waals surface area contributed by atoms with E-state index in [1.54, 1.807) is 13.0 Å². The van der Waals surface area contributed by atoms with E-state index in [0.29, 0.717) is 30.3 Å². The molecule has 2 saturated carbocycles. The number of rotatable bonds is 9. The molecule has 0 bridgehead atoms. The van der Waals surface area contributed by atoms with E-state index in [1.807, 2.05) is 13.0 Å². The Balaban J connectivity index is 1.50. The lowest BCUT2D eigenvalue weighted by Crippen LogP contribution is -2.43. The standard InChI is InChI=1S/C25H33N3O5S/c1-17-11-12-20(19-7-4-3-5-8-19)21(15-17)33-25(13-14-25)24(30)28-34(31,32)23-10-6-9-22(27-23)26-16-18(2)29/h6,9-12,15,18-19,29H,3-5,7-8,13-14,16H2,1-2H3,(H,26,27)(H,28,30)/t18-/m0/s1. The van der Waals surface area contributed by atoms with Gasteiger partial charge in [-0.25, -0.2) is 9.71 Å². The number of carbonyl (C=O) groups is 1. The number of anilines is 1. The van der Waals surface area contributed by atoms with Crippen LogP contribution in [0.3, 0.4) is 0 Å². The third-order valence-electron chi connectivity index (χ3n) is 6.44. The van der Waals surface area contributed by atoms with Crippen LogP contribution in [0.1, 0.15) is 68.9 Å². The Hall–Kier alpha value is -2.65. The molecule has 1 aromatic carbocycles. The van der Waals surface area contributed by atoms with Gasteiger partial charge in [-0.05, 0) is 61.9 Å². The summed E-state index contributed by atoms with van der Waals surface area (Å²) in [5.74, 6) is 0.700. The van der Waals surface area contributed by atoms with Gasteiger partial charge >= 0.3 is 0 Å². The van der Waals surface area contributed by atoms with Gasteiger partial charge in [0.25, 0.3) is 15.9 Å². The summed E-state index contributed by atoms with van der Waals surface area (Å²) in [6.45, 7) is 3.81. The largest absolute Gasteiger partial charge is 0.477 e. The molecule has 1 aromatic heterocycles. The Bertz CT molecular complexity index is 1140. The number of aryl methyl sites for hydroxylation is 1. The van der Waals surface area contributed by atoms with Crippen LogP contribution < -0.4 is 14.8 Å². The van der Waals surface area contributed by atoms with E-state index < -0.39 is 27.6 Å². The molecule has 2 fully saturated rings. The molecule has 0 aliphatic heterocycles. The summed E-state index contributed by atoms with van der Waals surface area (Å²) >= 11 is 0. The predicted octanol–water partition coefficient (Wildman–Crippen LogP) is 3.65. The van der Waals surface area contributed by atoms with E-state index in [1.165, 1.54) is 31.4 Å². The summed E-state index contributed by atoms with van der Waals surface area (Å²) in [7, 11) is -4.19. The topological polar surface area (TPSA) is 118 Å². The molecule has 2 aliphatic carbocycles. The summed E-state index contributed by atoms with van der Waals surface area (Å²) in [5.41, 5.74) is 0.946. The van der Waals surface area contributed by atoms with Crippen LogP contribution in [-0.4, -0.2) is 42.7 Å². The van der Waals surface area contributed by atoms with E-state index in [4.69, 9.17) is 4.74 Å². The smallest absolute Gasteiger partial charge is 0.281 e. The number of nitrogens with one attached hydrogen (secondary N) is 2. The quantitative estimate of drug-likeness (QED) is 0.494. The Morgan fingerprint density at radius 1 is 1.21 bits per heavy atom. The van der Waals surface area contributed by atoms with Crippen LogP contribution >= 0.6 is 0 Å². The van der Waals surface area contributed by atoms with Crippen molar-refractivity contribution in [3.05, 3.63) is 47.5 Å². The second-order valence-corrected chi connectivity index (χ2v) is 11.1. The van der Waals surface area contributed by atoms with Crippen molar-refractivity contribution < 1.29 is 23.1 Å². The molecule has 2 aromatic rings. The highest BCUT2D eigenvalue weighted by Gasteiger charge is 2.54. The molecule has 3 N–H and O–H groups in total. The third-order valence-corrected chi connectivity index (χ3v) is 7.67. The molecule has 0 saturated heterocycles. The van der Waals surface area contributed by atoms with Gasteiger partial charge in [-0.3, -0.25) is 4.79 Å². The van der Waals surface area contributed by atoms with Crippen molar-refractivity contribution in [1.29, 1.82) is 0 Å². The van der Waals surface area contributed by atoms with Crippen LogP contribution in [0.5, 0.6) is 5.75 Å². The second kappa shape index (κ2) is 9.92. The molecule has 34 heavy (non-hydrogen) atoms. The van der Waals surface area contributed by atoms with Crippen LogP contribution in [-0.2, 0) is 14.8 Å². The fourth-order valence-electron chi connectivity index (χ4n) is 4.36. The minimum Gasteiger partial charge on any atom is -0.477 e. The molecule has 0 spiro atoms. The van der Waals surface area contributed by atoms with E-state index in [0.717, 1.165) is 24.0 Å². The molecule has 4 rings (SSSR count). The van der Waals surface area contributed by atoms with Crippen molar-refractivity contribution >= 4 is 21.7 Å². The molecule has 9 heteroatoms. The van der Waals surface area contributed by atoms with Gasteiger partial charge in [-0.15, -0.1) is 0 Å². The average molecular weight is 488 g/mol. The van der Waals surface area contributed by atoms with Crippen molar-refractivity contribution in [1.82, 2.24) is 9.71 Å². The van der Waals surface area contributed by atoms with Crippen molar-refractivity contribution in [2.24, 2.45) is 0 Å². The number of ether oxygens (including phenoxy) is 1. The molecule has 0 unspecified atom stereocenters. The van der Waals surface area contributed by atoms with Crippen LogP contribution in [0, 0.1) is 6.92 Å². The summed E-state index contributed by atoms with van der Waals surface area (Å²) in [6.07, 6.45) is 6.09. The molecule has 0 radical (unpaired) electrons. The number of sulfonamides is 1. The van der Waals surface area contributed by atoms with Crippen LogP contribution in [0.2, 0.25) is 0 Å². The maximum absolute atomic E-state index is 13.1. The highest BCUT2D eigenvalue weighted by molar-refractivity contribution is 7.90. The number of benzene rings is 1. The molecular formula is C25H33N3O5S. The fourth-order valence-corrected chi connectivity index (χ4v) is 5.37. The number of hydrogen-bond donors (Lipinski definition) is 3. The summed E-state index contributed by atoms with van der Waals surface area (Å²) in [4.78, 5) is 17.2. The summed E-state index contributed by atoms with van der Waals surface area (Å²) in [5, 5.41) is 12.0. The van der Waals surface area contributed by atoms with Gasteiger partial charge in [0.15, 0.2) is 10.6 Å². The van der Waals surface area contributed by atoms with Gasteiger partial charge in [0.2, 0.25) is 0 Å². The number of pyridine rings is 1. The first-order chi connectivity index (χ1) is 16.2. The maximum atomic E-state index is 13.1. The number of amides is 1. The van der Waals surface area contributed by atoms with E-state index >= 15 is 0 Å².